The molecular formula is C13H18N4O4. The number of hydrogen-bond donors (Lipinski definition) is 2. The second-order valence-corrected chi connectivity index (χ2v) is 4.95. The van der Waals surface area contributed by atoms with Crippen LogP contribution in [-0.2, 0) is 20.7 Å². The molecule has 0 radical (unpaired) electrons. The molecule has 8 heteroatoms. The highest BCUT2D eigenvalue weighted by molar-refractivity contribution is 5.81. The summed E-state index contributed by atoms with van der Waals surface area (Å²) in [5.74, 6) is -1.04. The zero-order valence-corrected chi connectivity index (χ0v) is 12.0. The first-order valence-corrected chi connectivity index (χ1v) is 6.60. The van der Waals surface area contributed by atoms with Crippen LogP contribution in [0.25, 0.3) is 0 Å². The predicted octanol–water partition coefficient (Wildman–Crippen LogP) is -0.470. The van der Waals surface area contributed by atoms with Gasteiger partial charge in [0.15, 0.2) is 6.10 Å². The second-order valence-electron chi connectivity index (χ2n) is 4.95. The molecule has 1 aliphatic heterocycles. The van der Waals surface area contributed by atoms with E-state index in [0.29, 0.717) is 17.9 Å². The van der Waals surface area contributed by atoms with Gasteiger partial charge in [-0.2, -0.15) is 0 Å². The molecule has 1 unspecified atom stereocenters. The lowest BCUT2D eigenvalue weighted by molar-refractivity contribution is -0.159. The van der Waals surface area contributed by atoms with Gasteiger partial charge in [-0.3, -0.25) is 4.79 Å². The van der Waals surface area contributed by atoms with Crippen molar-refractivity contribution in [2.75, 3.05) is 25.4 Å². The van der Waals surface area contributed by atoms with Gasteiger partial charge < -0.3 is 20.5 Å². The van der Waals surface area contributed by atoms with Crippen molar-refractivity contribution in [1.82, 2.24) is 14.9 Å². The Hall–Kier alpha value is -2.22. The Labute approximate surface area is 121 Å². The number of rotatable bonds is 3. The van der Waals surface area contributed by atoms with Crippen molar-refractivity contribution >= 4 is 17.8 Å². The third kappa shape index (κ3) is 3.46. The molecule has 0 spiro atoms. The second kappa shape index (κ2) is 6.04. The summed E-state index contributed by atoms with van der Waals surface area (Å²) in [6.45, 7) is 4.21. The smallest absolute Gasteiger partial charge is 0.334 e. The highest BCUT2D eigenvalue weighted by Crippen LogP contribution is 2.14. The zero-order chi connectivity index (χ0) is 15.6. The number of carbonyl (C=O) groups is 2. The molecule has 1 atom stereocenters. The number of anilines is 1. The molecule has 1 amide bonds. The van der Waals surface area contributed by atoms with Crippen LogP contribution in [0.1, 0.15) is 17.0 Å². The summed E-state index contributed by atoms with van der Waals surface area (Å²) in [4.78, 5) is 32.8. The fourth-order valence-corrected chi connectivity index (χ4v) is 2.31. The largest absolute Gasteiger partial charge is 0.479 e. The average molecular weight is 294 g/mol. The van der Waals surface area contributed by atoms with Crippen molar-refractivity contribution in [3.8, 4) is 0 Å². The minimum Gasteiger partial charge on any atom is -0.479 e. The summed E-state index contributed by atoms with van der Waals surface area (Å²) >= 11 is 0. The van der Waals surface area contributed by atoms with E-state index < -0.39 is 12.1 Å². The first-order valence-electron chi connectivity index (χ1n) is 6.60. The van der Waals surface area contributed by atoms with E-state index in [1.165, 1.54) is 4.90 Å². The number of aliphatic carboxylic acids is 1. The molecule has 2 rings (SSSR count). The Kier molecular flexibility index (Phi) is 4.37. The van der Waals surface area contributed by atoms with Crippen molar-refractivity contribution in [2.45, 2.75) is 26.4 Å². The molecular weight excluding hydrogens is 276 g/mol. The number of carboxylic acids is 1. The summed E-state index contributed by atoms with van der Waals surface area (Å²) in [6, 6.07) is 0. The highest BCUT2D eigenvalue weighted by Gasteiger charge is 2.29. The van der Waals surface area contributed by atoms with E-state index in [1.54, 1.807) is 13.8 Å². The number of ether oxygens (including phenoxy) is 1. The number of amides is 1. The van der Waals surface area contributed by atoms with Gasteiger partial charge in [-0.1, -0.05) is 0 Å². The number of morpholine rings is 1. The molecule has 1 aliphatic rings. The van der Waals surface area contributed by atoms with Gasteiger partial charge in [-0.15, -0.1) is 0 Å². The van der Waals surface area contributed by atoms with Crippen molar-refractivity contribution in [3.05, 3.63) is 17.0 Å². The summed E-state index contributed by atoms with van der Waals surface area (Å²) in [5.41, 5.74) is 7.61. The van der Waals surface area contributed by atoms with Crippen LogP contribution in [0.2, 0.25) is 0 Å². The van der Waals surface area contributed by atoms with Gasteiger partial charge in [-0.05, 0) is 13.8 Å². The van der Waals surface area contributed by atoms with Gasteiger partial charge in [0.1, 0.15) is 0 Å². The van der Waals surface area contributed by atoms with E-state index in [2.05, 4.69) is 9.97 Å². The summed E-state index contributed by atoms with van der Waals surface area (Å²) in [7, 11) is 0. The predicted molar refractivity (Wildman–Crippen MR) is 73.6 cm³/mol. The molecule has 1 fully saturated rings. The number of aryl methyl sites for hydroxylation is 2. The van der Waals surface area contributed by atoms with Gasteiger partial charge in [-0.25, -0.2) is 14.8 Å². The number of nitrogens with two attached hydrogens (primary N) is 1. The molecule has 1 saturated heterocycles. The summed E-state index contributed by atoms with van der Waals surface area (Å²) < 4.78 is 5.10. The molecule has 0 aromatic carbocycles. The quantitative estimate of drug-likeness (QED) is 0.773. The third-order valence-corrected chi connectivity index (χ3v) is 3.46. The zero-order valence-electron chi connectivity index (χ0n) is 12.0. The van der Waals surface area contributed by atoms with E-state index in [0.717, 1.165) is 5.56 Å². The topological polar surface area (TPSA) is 119 Å². The van der Waals surface area contributed by atoms with E-state index in [9.17, 15) is 9.59 Å². The summed E-state index contributed by atoms with van der Waals surface area (Å²) in [6.07, 6.45) is -0.836. The van der Waals surface area contributed by atoms with Gasteiger partial charge in [0.2, 0.25) is 11.9 Å². The molecule has 1 aromatic rings. The Bertz CT molecular complexity index is 552. The minimum absolute atomic E-state index is 0.0576. The molecule has 2 heterocycles. The number of aromatic nitrogens is 2. The van der Waals surface area contributed by atoms with Gasteiger partial charge in [0, 0.05) is 23.5 Å². The van der Waals surface area contributed by atoms with Crippen LogP contribution in [0.3, 0.4) is 0 Å². The van der Waals surface area contributed by atoms with Crippen LogP contribution in [0.4, 0.5) is 5.95 Å². The molecule has 0 bridgehead atoms. The molecule has 8 nitrogen and oxygen atoms in total. The first-order chi connectivity index (χ1) is 9.88. The van der Waals surface area contributed by atoms with Gasteiger partial charge in [0.05, 0.1) is 19.6 Å². The fourth-order valence-electron chi connectivity index (χ4n) is 2.31. The molecule has 0 saturated carbocycles. The van der Waals surface area contributed by atoms with Crippen molar-refractivity contribution < 1.29 is 19.4 Å². The lowest BCUT2D eigenvalue weighted by Crippen LogP contribution is -2.49. The number of carbonyl (C=O) groups excluding carboxylic acids is 1. The third-order valence-electron chi connectivity index (χ3n) is 3.46. The number of hydrogen-bond acceptors (Lipinski definition) is 6. The maximum absolute atomic E-state index is 12.3. The van der Waals surface area contributed by atoms with Gasteiger partial charge >= 0.3 is 5.97 Å². The van der Waals surface area contributed by atoms with Crippen LogP contribution in [0.15, 0.2) is 0 Å². The number of nitrogens with zero attached hydrogens (tertiary/aromatic N) is 3. The highest BCUT2D eigenvalue weighted by atomic mass is 16.5. The maximum atomic E-state index is 12.3. The van der Waals surface area contributed by atoms with Crippen LogP contribution < -0.4 is 5.73 Å². The van der Waals surface area contributed by atoms with Gasteiger partial charge in [0.25, 0.3) is 0 Å². The molecule has 3 N–H and O–H groups in total. The Balaban J connectivity index is 2.10. The van der Waals surface area contributed by atoms with E-state index in [-0.39, 0.29) is 31.4 Å². The Morgan fingerprint density at radius 2 is 2.00 bits per heavy atom. The standard InChI is InChI=1S/C13H18N4O4/c1-7-9(8(2)16-13(14)15-7)5-11(18)17-3-4-21-10(6-17)12(19)20/h10H,3-6H2,1-2H3,(H,19,20)(H2,14,15,16). The lowest BCUT2D eigenvalue weighted by atomic mass is 10.1. The van der Waals surface area contributed by atoms with Crippen LogP contribution in [0.5, 0.6) is 0 Å². The average Bonchev–Trinajstić information content (AvgIpc) is 2.42. The Morgan fingerprint density at radius 3 is 2.57 bits per heavy atom. The van der Waals surface area contributed by atoms with Crippen LogP contribution in [-0.4, -0.2) is 57.7 Å². The van der Waals surface area contributed by atoms with Crippen LogP contribution in [0, 0.1) is 13.8 Å². The maximum Gasteiger partial charge on any atom is 0.334 e. The Morgan fingerprint density at radius 1 is 1.38 bits per heavy atom. The van der Waals surface area contributed by atoms with E-state index in [4.69, 9.17) is 15.6 Å². The minimum atomic E-state index is -1.06. The number of nitrogen functional groups attached to an aromatic ring is 1. The molecule has 1 aromatic heterocycles. The van der Waals surface area contributed by atoms with Crippen LogP contribution >= 0.6 is 0 Å². The molecule has 21 heavy (non-hydrogen) atoms. The monoisotopic (exact) mass is 294 g/mol. The van der Waals surface area contributed by atoms with Crippen molar-refractivity contribution in [3.63, 3.8) is 0 Å². The van der Waals surface area contributed by atoms with Crippen molar-refractivity contribution in [2.24, 2.45) is 0 Å². The SMILES string of the molecule is Cc1nc(N)nc(C)c1CC(=O)N1CCOC(C(=O)O)C1. The molecule has 114 valence electrons. The van der Waals surface area contributed by atoms with E-state index in [1.807, 2.05) is 0 Å². The van der Waals surface area contributed by atoms with Crippen molar-refractivity contribution in [1.29, 1.82) is 0 Å². The summed E-state index contributed by atoms with van der Waals surface area (Å²) in [5, 5.41) is 8.95. The molecule has 0 aliphatic carbocycles. The lowest BCUT2D eigenvalue weighted by Gasteiger charge is -2.31. The number of carboxylic acid groups (broad SMARTS) is 1. The normalized spacial score (nSPS) is 18.6. The first kappa shape index (κ1) is 15.2. The van der Waals surface area contributed by atoms with E-state index >= 15 is 0 Å². The fraction of sp³-hybridized carbons (Fsp3) is 0.538.